The molecule has 2 aromatic heterocycles. The zero-order chi connectivity index (χ0) is 25.2. The van der Waals surface area contributed by atoms with Crippen LogP contribution in [0.25, 0.3) is 16.7 Å². The number of carboxylic acid groups (broad SMARTS) is 1. The lowest BCUT2D eigenvalue weighted by molar-refractivity contribution is -0.135. The molecule has 13 heteroatoms. The maximum atomic E-state index is 13.3. The van der Waals surface area contributed by atoms with Gasteiger partial charge >= 0.3 is 5.97 Å². The number of aromatic nitrogens is 3. The van der Waals surface area contributed by atoms with Gasteiger partial charge in [-0.05, 0) is 48.5 Å². The fraction of sp³-hybridized carbons (Fsp3) is 0.136. The van der Waals surface area contributed by atoms with E-state index in [2.05, 4.69) is 10.2 Å². The maximum Gasteiger partial charge on any atom is 0.324 e. The van der Waals surface area contributed by atoms with Gasteiger partial charge in [-0.25, -0.2) is 8.42 Å². The van der Waals surface area contributed by atoms with Crippen molar-refractivity contribution in [3.8, 4) is 11.7 Å². The zero-order valence-electron chi connectivity index (χ0n) is 17.9. The number of nitrogens with zero attached hydrogens (tertiary/aromatic N) is 4. The molecule has 35 heavy (non-hydrogen) atoms. The maximum absolute atomic E-state index is 13.3. The highest BCUT2D eigenvalue weighted by Gasteiger charge is 2.28. The van der Waals surface area contributed by atoms with E-state index in [1.807, 2.05) is 0 Å². The standard InChI is InChI=1S/C22H18Cl2N4O6S/c23-15-10-16(24)12-18(11-15)35(32,33)28(13-22(30)31)17-1-2-19-14(9-17)5-6-27(19)20-3-4-21(26-25-20)34-8-7-29/h1-6,9-12,29H,7-8,13H2,(H,30,31). The number of aliphatic hydroxyl groups excluding tert-OH is 1. The van der Waals surface area contributed by atoms with Crippen molar-refractivity contribution in [1.29, 1.82) is 0 Å². The molecule has 4 aromatic rings. The van der Waals surface area contributed by atoms with E-state index in [1.54, 1.807) is 41.1 Å². The van der Waals surface area contributed by atoms with E-state index in [-0.39, 0.29) is 39.7 Å². The molecule has 2 N–H and O–H groups in total. The van der Waals surface area contributed by atoms with Gasteiger partial charge in [0.25, 0.3) is 10.0 Å². The van der Waals surface area contributed by atoms with Crippen molar-refractivity contribution in [3.63, 3.8) is 0 Å². The van der Waals surface area contributed by atoms with E-state index in [1.165, 1.54) is 24.3 Å². The molecule has 0 spiro atoms. The Hall–Kier alpha value is -3.38. The number of hydrogen-bond acceptors (Lipinski definition) is 7. The zero-order valence-corrected chi connectivity index (χ0v) is 20.2. The van der Waals surface area contributed by atoms with Gasteiger partial charge in [0.15, 0.2) is 5.82 Å². The number of aliphatic hydroxyl groups is 1. The minimum absolute atomic E-state index is 0.0976. The topological polar surface area (TPSA) is 135 Å². The molecular formula is C22H18Cl2N4O6S. The molecule has 0 radical (unpaired) electrons. The van der Waals surface area contributed by atoms with Gasteiger partial charge in [-0.15, -0.1) is 10.2 Å². The summed E-state index contributed by atoms with van der Waals surface area (Å²) < 4.78 is 34.4. The first kappa shape index (κ1) is 24.7. The van der Waals surface area contributed by atoms with Crippen LogP contribution in [-0.4, -0.2) is 59.1 Å². The Morgan fingerprint density at radius 2 is 1.77 bits per heavy atom. The van der Waals surface area contributed by atoms with Crippen LogP contribution in [0.15, 0.2) is 65.7 Å². The van der Waals surface area contributed by atoms with Crippen LogP contribution >= 0.6 is 23.2 Å². The van der Waals surface area contributed by atoms with Crippen LogP contribution in [0.2, 0.25) is 10.0 Å². The second kappa shape index (κ2) is 10.1. The third kappa shape index (κ3) is 5.33. The summed E-state index contributed by atoms with van der Waals surface area (Å²) in [6, 6.07) is 13.5. The molecule has 0 aliphatic heterocycles. The molecule has 0 unspecified atom stereocenters. The third-order valence-corrected chi connectivity index (χ3v) is 7.07. The van der Waals surface area contributed by atoms with Crippen molar-refractivity contribution < 1.29 is 28.2 Å². The molecule has 0 aliphatic rings. The van der Waals surface area contributed by atoms with Crippen LogP contribution in [0, 0.1) is 0 Å². The Balaban J connectivity index is 1.72. The van der Waals surface area contributed by atoms with Gasteiger partial charge in [-0.1, -0.05) is 23.2 Å². The third-order valence-electron chi connectivity index (χ3n) is 4.88. The summed E-state index contributed by atoms with van der Waals surface area (Å²) in [7, 11) is -4.30. The van der Waals surface area contributed by atoms with Crippen molar-refractivity contribution in [1.82, 2.24) is 14.8 Å². The number of ether oxygens (including phenoxy) is 1. The molecule has 0 bridgehead atoms. The largest absolute Gasteiger partial charge is 0.480 e. The molecule has 4 rings (SSSR count). The second-order valence-corrected chi connectivity index (χ2v) is 9.98. The van der Waals surface area contributed by atoms with E-state index >= 15 is 0 Å². The second-order valence-electron chi connectivity index (χ2n) is 7.24. The Kier molecular flexibility index (Phi) is 7.13. The van der Waals surface area contributed by atoms with Crippen LogP contribution in [0.5, 0.6) is 5.88 Å². The fourth-order valence-corrected chi connectivity index (χ4v) is 5.53. The van der Waals surface area contributed by atoms with Gasteiger partial charge < -0.3 is 14.9 Å². The number of halogens is 2. The normalized spacial score (nSPS) is 11.5. The van der Waals surface area contributed by atoms with Gasteiger partial charge in [0.2, 0.25) is 5.88 Å². The molecule has 10 nitrogen and oxygen atoms in total. The lowest BCUT2D eigenvalue weighted by Crippen LogP contribution is -2.35. The van der Waals surface area contributed by atoms with Crippen LogP contribution < -0.4 is 9.04 Å². The fourth-order valence-electron chi connectivity index (χ4n) is 3.40. The number of sulfonamides is 1. The van der Waals surface area contributed by atoms with Crippen LogP contribution in [0.1, 0.15) is 0 Å². The van der Waals surface area contributed by atoms with Crippen LogP contribution in [0.4, 0.5) is 5.69 Å². The molecule has 0 amide bonds. The van der Waals surface area contributed by atoms with Gasteiger partial charge in [-0.2, -0.15) is 0 Å². The first-order valence-corrected chi connectivity index (χ1v) is 12.3. The van der Waals surface area contributed by atoms with Crippen molar-refractivity contribution >= 4 is 55.8 Å². The lowest BCUT2D eigenvalue weighted by atomic mass is 10.2. The number of hydrogen-bond donors (Lipinski definition) is 2. The molecule has 0 saturated carbocycles. The highest BCUT2D eigenvalue weighted by molar-refractivity contribution is 7.92. The van der Waals surface area contributed by atoms with Crippen molar-refractivity contribution in [2.24, 2.45) is 0 Å². The van der Waals surface area contributed by atoms with E-state index < -0.39 is 22.5 Å². The number of carboxylic acids is 1. The van der Waals surface area contributed by atoms with Crippen molar-refractivity contribution in [3.05, 3.63) is 70.8 Å². The Morgan fingerprint density at radius 1 is 1.03 bits per heavy atom. The molecule has 182 valence electrons. The number of anilines is 1. The first-order chi connectivity index (χ1) is 16.7. The molecular weight excluding hydrogens is 519 g/mol. The van der Waals surface area contributed by atoms with Crippen molar-refractivity contribution in [2.45, 2.75) is 4.90 Å². The van der Waals surface area contributed by atoms with E-state index in [9.17, 15) is 18.3 Å². The van der Waals surface area contributed by atoms with E-state index in [4.69, 9.17) is 33.0 Å². The monoisotopic (exact) mass is 536 g/mol. The molecule has 2 heterocycles. The van der Waals surface area contributed by atoms with Gasteiger partial charge in [0.1, 0.15) is 13.2 Å². The summed E-state index contributed by atoms with van der Waals surface area (Å²) in [5.74, 6) is -0.594. The number of carbonyl (C=O) groups is 1. The SMILES string of the molecule is O=C(O)CN(c1ccc2c(ccn2-c2ccc(OCCO)nn2)c1)S(=O)(=O)c1cc(Cl)cc(Cl)c1. The minimum atomic E-state index is -4.30. The van der Waals surface area contributed by atoms with Crippen molar-refractivity contribution in [2.75, 3.05) is 24.1 Å². The Bertz CT molecular complexity index is 1470. The average molecular weight is 537 g/mol. The Labute approximate surface area is 210 Å². The van der Waals surface area contributed by atoms with Crippen LogP contribution in [-0.2, 0) is 14.8 Å². The van der Waals surface area contributed by atoms with E-state index in [0.717, 1.165) is 4.31 Å². The smallest absolute Gasteiger partial charge is 0.324 e. The van der Waals surface area contributed by atoms with E-state index in [0.29, 0.717) is 16.7 Å². The predicted molar refractivity (Wildman–Crippen MR) is 130 cm³/mol. The molecule has 2 aromatic carbocycles. The quantitative estimate of drug-likeness (QED) is 0.332. The number of aliphatic carboxylic acids is 1. The number of benzene rings is 2. The number of fused-ring (bicyclic) bond motifs is 1. The lowest BCUT2D eigenvalue weighted by Gasteiger charge is -2.23. The molecule has 0 fully saturated rings. The number of rotatable bonds is 9. The predicted octanol–water partition coefficient (Wildman–Crippen LogP) is 3.38. The average Bonchev–Trinajstić information content (AvgIpc) is 3.24. The molecule has 0 aliphatic carbocycles. The summed E-state index contributed by atoms with van der Waals surface area (Å²) >= 11 is 11.9. The molecule has 0 atom stereocenters. The molecule has 0 saturated heterocycles. The summed E-state index contributed by atoms with van der Waals surface area (Å²) in [5.41, 5.74) is 0.832. The van der Waals surface area contributed by atoms with Crippen LogP contribution in [0.3, 0.4) is 0 Å². The Morgan fingerprint density at radius 3 is 2.40 bits per heavy atom. The van der Waals surface area contributed by atoms with Gasteiger partial charge in [-0.3, -0.25) is 13.7 Å². The highest BCUT2D eigenvalue weighted by Crippen LogP contribution is 2.31. The minimum Gasteiger partial charge on any atom is -0.480 e. The van der Waals surface area contributed by atoms with Gasteiger partial charge in [0.05, 0.1) is 22.7 Å². The summed E-state index contributed by atoms with van der Waals surface area (Å²) in [5, 5.41) is 27.2. The van der Waals surface area contributed by atoms with Gasteiger partial charge in [0, 0.05) is 27.7 Å². The summed E-state index contributed by atoms with van der Waals surface area (Å²) in [6.07, 6.45) is 1.72. The summed E-state index contributed by atoms with van der Waals surface area (Å²) in [4.78, 5) is 11.3. The summed E-state index contributed by atoms with van der Waals surface area (Å²) in [6.45, 7) is -0.854. The first-order valence-electron chi connectivity index (χ1n) is 10.1. The highest BCUT2D eigenvalue weighted by atomic mass is 35.5.